The number of pyridine rings is 1. The molecule has 0 radical (unpaired) electrons. The van der Waals surface area contributed by atoms with Gasteiger partial charge in [0, 0.05) is 22.8 Å². The van der Waals surface area contributed by atoms with E-state index in [9.17, 15) is 8.42 Å². The average molecular weight is 344 g/mol. The quantitative estimate of drug-likeness (QED) is 0.756. The van der Waals surface area contributed by atoms with Gasteiger partial charge in [-0.3, -0.25) is 10.1 Å². The Morgan fingerprint density at radius 1 is 1.17 bits per heavy atom. The lowest BCUT2D eigenvalue weighted by atomic mass is 10.2. The summed E-state index contributed by atoms with van der Waals surface area (Å²) in [4.78, 5) is 4.62. The molecule has 0 saturated heterocycles. The van der Waals surface area contributed by atoms with Crippen LogP contribution in [0, 0.1) is 13.8 Å². The summed E-state index contributed by atoms with van der Waals surface area (Å²) in [6, 6.07) is 6.84. The molecule has 2 heterocycles. The minimum atomic E-state index is -3.34. The Kier molecular flexibility index (Phi) is 4.04. The Labute approximate surface area is 141 Å². The molecule has 0 aliphatic heterocycles. The molecule has 6 nitrogen and oxygen atoms in total. The standard InChI is InChI=1S/C17H20N4O2S/c1-10(2)24(22,23)13-5-6-15-14(9-13)16(7-8-18-15)19-17-11(3)12(4)20-21-17/h5-10H,1-4H3,(H2,18,19,20,21). The molecular formula is C17H20N4O2S. The molecule has 0 aliphatic carbocycles. The zero-order valence-corrected chi connectivity index (χ0v) is 14.9. The van der Waals surface area contributed by atoms with Gasteiger partial charge in [-0.15, -0.1) is 0 Å². The third kappa shape index (κ3) is 2.75. The van der Waals surface area contributed by atoms with Crippen molar-refractivity contribution in [1.82, 2.24) is 15.2 Å². The van der Waals surface area contributed by atoms with Crippen molar-refractivity contribution < 1.29 is 8.42 Å². The van der Waals surface area contributed by atoms with Crippen LogP contribution < -0.4 is 5.32 Å². The Bertz CT molecular complexity index is 1010. The molecular weight excluding hydrogens is 324 g/mol. The van der Waals surface area contributed by atoms with Gasteiger partial charge in [0.25, 0.3) is 0 Å². The molecule has 0 amide bonds. The van der Waals surface area contributed by atoms with E-state index in [0.717, 1.165) is 33.7 Å². The number of nitrogens with one attached hydrogen (secondary N) is 2. The van der Waals surface area contributed by atoms with Crippen LogP contribution in [0.2, 0.25) is 0 Å². The molecule has 2 aromatic heterocycles. The highest BCUT2D eigenvalue weighted by atomic mass is 32.2. The molecule has 1 aromatic carbocycles. The van der Waals surface area contributed by atoms with Gasteiger partial charge in [0.15, 0.2) is 15.7 Å². The summed E-state index contributed by atoms with van der Waals surface area (Å²) in [5.41, 5.74) is 3.51. The third-order valence-electron chi connectivity index (χ3n) is 4.17. The van der Waals surface area contributed by atoms with Crippen molar-refractivity contribution in [2.24, 2.45) is 0 Å². The second-order valence-corrected chi connectivity index (χ2v) is 8.58. The Balaban J connectivity index is 2.13. The van der Waals surface area contributed by atoms with Crippen LogP contribution in [0.3, 0.4) is 0 Å². The molecule has 3 aromatic rings. The smallest absolute Gasteiger partial charge is 0.180 e. The molecule has 24 heavy (non-hydrogen) atoms. The van der Waals surface area contributed by atoms with Crippen LogP contribution in [0.15, 0.2) is 35.4 Å². The van der Waals surface area contributed by atoms with Crippen molar-refractivity contribution in [1.29, 1.82) is 0 Å². The third-order valence-corrected chi connectivity index (χ3v) is 6.32. The summed E-state index contributed by atoms with van der Waals surface area (Å²) < 4.78 is 24.9. The average Bonchev–Trinajstić information content (AvgIpc) is 2.86. The number of H-pyrrole nitrogens is 1. The fourth-order valence-corrected chi connectivity index (χ4v) is 3.50. The van der Waals surface area contributed by atoms with E-state index >= 15 is 0 Å². The number of rotatable bonds is 4. The number of hydrogen-bond acceptors (Lipinski definition) is 5. The molecule has 0 bridgehead atoms. The molecule has 7 heteroatoms. The number of hydrogen-bond donors (Lipinski definition) is 2. The molecule has 0 unspecified atom stereocenters. The fourth-order valence-electron chi connectivity index (χ4n) is 2.42. The van der Waals surface area contributed by atoms with Crippen molar-refractivity contribution in [3.8, 4) is 0 Å². The van der Waals surface area contributed by atoms with E-state index in [1.807, 2.05) is 19.9 Å². The van der Waals surface area contributed by atoms with Crippen molar-refractivity contribution in [2.45, 2.75) is 37.8 Å². The summed E-state index contributed by atoms with van der Waals surface area (Å²) in [5.74, 6) is 0.720. The van der Waals surface area contributed by atoms with Crippen LogP contribution in [0.1, 0.15) is 25.1 Å². The van der Waals surface area contributed by atoms with Gasteiger partial charge in [-0.25, -0.2) is 8.42 Å². The van der Waals surface area contributed by atoms with E-state index in [0.29, 0.717) is 4.90 Å². The number of aromatic nitrogens is 3. The summed E-state index contributed by atoms with van der Waals surface area (Å²) in [6.07, 6.45) is 1.69. The fraction of sp³-hybridized carbons (Fsp3) is 0.294. The predicted molar refractivity (Wildman–Crippen MR) is 95.4 cm³/mol. The van der Waals surface area contributed by atoms with Crippen LogP contribution in [0.25, 0.3) is 10.9 Å². The van der Waals surface area contributed by atoms with Crippen molar-refractivity contribution in [3.05, 3.63) is 41.7 Å². The molecule has 0 atom stereocenters. The first kappa shape index (κ1) is 16.4. The minimum absolute atomic E-state index is 0.302. The van der Waals surface area contributed by atoms with E-state index in [1.165, 1.54) is 0 Å². The lowest BCUT2D eigenvalue weighted by Gasteiger charge is -2.11. The number of aryl methyl sites for hydroxylation is 1. The lowest BCUT2D eigenvalue weighted by molar-refractivity contribution is 0.587. The zero-order valence-electron chi connectivity index (χ0n) is 14.1. The predicted octanol–water partition coefficient (Wildman–Crippen LogP) is 3.50. The van der Waals surface area contributed by atoms with Gasteiger partial charge < -0.3 is 5.32 Å². The Morgan fingerprint density at radius 3 is 2.54 bits per heavy atom. The highest BCUT2D eigenvalue weighted by Crippen LogP contribution is 2.29. The summed E-state index contributed by atoms with van der Waals surface area (Å²) in [7, 11) is -3.34. The topological polar surface area (TPSA) is 87.7 Å². The lowest BCUT2D eigenvalue weighted by Crippen LogP contribution is -2.13. The largest absolute Gasteiger partial charge is 0.338 e. The van der Waals surface area contributed by atoms with E-state index in [4.69, 9.17) is 0 Å². The van der Waals surface area contributed by atoms with Crippen LogP contribution in [-0.4, -0.2) is 28.8 Å². The summed E-state index contributed by atoms with van der Waals surface area (Å²) in [5, 5.41) is 10.7. The minimum Gasteiger partial charge on any atom is -0.338 e. The second-order valence-electron chi connectivity index (χ2n) is 6.08. The van der Waals surface area contributed by atoms with Crippen LogP contribution in [-0.2, 0) is 9.84 Å². The maximum atomic E-state index is 12.4. The number of fused-ring (bicyclic) bond motifs is 1. The number of anilines is 2. The van der Waals surface area contributed by atoms with E-state index in [-0.39, 0.29) is 0 Å². The number of benzene rings is 1. The van der Waals surface area contributed by atoms with Crippen LogP contribution in [0.5, 0.6) is 0 Å². The number of sulfone groups is 1. The van der Waals surface area contributed by atoms with Crippen molar-refractivity contribution in [3.63, 3.8) is 0 Å². The van der Waals surface area contributed by atoms with Gasteiger partial charge in [-0.1, -0.05) is 0 Å². The van der Waals surface area contributed by atoms with Gasteiger partial charge in [0.2, 0.25) is 0 Å². The highest BCUT2D eigenvalue weighted by Gasteiger charge is 2.20. The second kappa shape index (κ2) is 5.90. The van der Waals surface area contributed by atoms with Gasteiger partial charge in [0.1, 0.15) is 0 Å². The van der Waals surface area contributed by atoms with E-state index in [1.54, 1.807) is 38.2 Å². The zero-order chi connectivity index (χ0) is 17.5. The van der Waals surface area contributed by atoms with Crippen molar-refractivity contribution in [2.75, 3.05) is 5.32 Å². The van der Waals surface area contributed by atoms with E-state index < -0.39 is 15.1 Å². The number of aromatic amines is 1. The van der Waals surface area contributed by atoms with Gasteiger partial charge in [0.05, 0.1) is 21.3 Å². The molecule has 126 valence electrons. The van der Waals surface area contributed by atoms with Gasteiger partial charge >= 0.3 is 0 Å². The molecule has 0 aliphatic rings. The first-order valence-electron chi connectivity index (χ1n) is 7.72. The molecule has 3 rings (SSSR count). The molecule has 0 saturated carbocycles. The summed E-state index contributed by atoms with van der Waals surface area (Å²) in [6.45, 7) is 7.28. The maximum Gasteiger partial charge on any atom is 0.180 e. The normalized spacial score (nSPS) is 12.0. The number of nitrogens with zero attached hydrogens (tertiary/aromatic N) is 2. The maximum absolute atomic E-state index is 12.4. The first-order chi connectivity index (χ1) is 11.3. The Morgan fingerprint density at radius 2 is 1.92 bits per heavy atom. The SMILES string of the molecule is Cc1[nH]nc(Nc2ccnc3ccc(S(=O)(=O)C(C)C)cc23)c1C. The molecule has 0 fully saturated rings. The first-order valence-corrected chi connectivity index (χ1v) is 9.26. The van der Waals surface area contributed by atoms with Crippen LogP contribution >= 0.6 is 0 Å². The van der Waals surface area contributed by atoms with Gasteiger partial charge in [-0.2, -0.15) is 5.10 Å². The molecule has 0 spiro atoms. The van der Waals surface area contributed by atoms with E-state index in [2.05, 4.69) is 20.5 Å². The highest BCUT2D eigenvalue weighted by molar-refractivity contribution is 7.92. The summed E-state index contributed by atoms with van der Waals surface area (Å²) >= 11 is 0. The molecule has 2 N–H and O–H groups in total. The van der Waals surface area contributed by atoms with Crippen LogP contribution in [0.4, 0.5) is 11.5 Å². The monoisotopic (exact) mass is 344 g/mol. The Hall–Kier alpha value is -2.41. The van der Waals surface area contributed by atoms with Crippen molar-refractivity contribution >= 4 is 32.2 Å². The van der Waals surface area contributed by atoms with Gasteiger partial charge in [-0.05, 0) is 52.0 Å².